The molecule has 1 saturated carbocycles. The minimum absolute atomic E-state index is 0.349. The van der Waals surface area contributed by atoms with Gasteiger partial charge in [0.1, 0.15) is 0 Å². The highest BCUT2D eigenvalue weighted by Gasteiger charge is 2.30. The molecule has 1 aliphatic carbocycles. The Morgan fingerprint density at radius 2 is 1.81 bits per heavy atom. The van der Waals surface area contributed by atoms with Crippen LogP contribution in [0.3, 0.4) is 0 Å². The molecule has 0 bridgehead atoms. The van der Waals surface area contributed by atoms with Crippen LogP contribution in [0.2, 0.25) is 0 Å². The number of hydrogen-bond donors (Lipinski definition) is 1. The van der Waals surface area contributed by atoms with E-state index in [0.29, 0.717) is 12.1 Å². The summed E-state index contributed by atoms with van der Waals surface area (Å²) in [6, 6.07) is 9.33. The molecule has 0 aliphatic heterocycles. The number of rotatable bonds is 7. The maximum absolute atomic E-state index is 6.17. The zero-order valence-corrected chi connectivity index (χ0v) is 13.9. The Balaban J connectivity index is 2.05. The Bertz CT molecular complexity index is 395. The van der Waals surface area contributed by atoms with E-state index in [1.165, 1.54) is 43.2 Å². The van der Waals surface area contributed by atoms with Crippen LogP contribution in [0.5, 0.6) is 0 Å². The summed E-state index contributed by atoms with van der Waals surface area (Å²) in [5.41, 5.74) is 2.73. The van der Waals surface area contributed by atoms with Gasteiger partial charge in [-0.25, -0.2) is 0 Å². The summed E-state index contributed by atoms with van der Waals surface area (Å²) in [5.74, 6) is 0.724. The number of benzene rings is 1. The normalized spacial score (nSPS) is 19.4. The third kappa shape index (κ3) is 4.82. The number of nitrogens with one attached hydrogen (secondary N) is 1. The second-order valence-corrected chi connectivity index (χ2v) is 6.40. The van der Waals surface area contributed by atoms with E-state index in [1.54, 1.807) is 0 Å². The van der Waals surface area contributed by atoms with Crippen molar-refractivity contribution in [2.45, 2.75) is 64.5 Å². The predicted octanol–water partition coefficient (Wildman–Crippen LogP) is 4.11. The van der Waals surface area contributed by atoms with Crippen molar-refractivity contribution in [3.63, 3.8) is 0 Å². The second kappa shape index (κ2) is 8.55. The molecule has 0 radical (unpaired) electrons. The van der Waals surface area contributed by atoms with Gasteiger partial charge in [0, 0.05) is 12.6 Å². The molecule has 0 aromatic heterocycles. The zero-order valence-electron chi connectivity index (χ0n) is 13.9. The fraction of sp³-hybridized carbons (Fsp3) is 0.684. The molecule has 118 valence electrons. The monoisotopic (exact) mass is 289 g/mol. The molecule has 1 aliphatic rings. The first-order valence-electron chi connectivity index (χ1n) is 8.59. The van der Waals surface area contributed by atoms with E-state index in [2.05, 4.69) is 50.5 Å². The maximum atomic E-state index is 6.17. The van der Waals surface area contributed by atoms with Gasteiger partial charge in [-0.2, -0.15) is 0 Å². The Morgan fingerprint density at radius 3 is 2.38 bits per heavy atom. The molecule has 1 aromatic carbocycles. The van der Waals surface area contributed by atoms with Crippen LogP contribution in [0.4, 0.5) is 0 Å². The molecule has 0 spiro atoms. The minimum atomic E-state index is 0.349. The van der Waals surface area contributed by atoms with Crippen molar-refractivity contribution in [2.75, 3.05) is 13.7 Å². The summed E-state index contributed by atoms with van der Waals surface area (Å²) in [6.07, 6.45) is 8.20. The molecule has 1 fully saturated rings. The Morgan fingerprint density at radius 1 is 1.14 bits per heavy atom. The van der Waals surface area contributed by atoms with Crippen molar-refractivity contribution in [3.8, 4) is 0 Å². The fourth-order valence-electron chi connectivity index (χ4n) is 3.60. The van der Waals surface area contributed by atoms with Crippen molar-refractivity contribution in [2.24, 2.45) is 5.92 Å². The van der Waals surface area contributed by atoms with Crippen LogP contribution in [0, 0.1) is 12.8 Å². The first-order valence-corrected chi connectivity index (χ1v) is 8.59. The quantitative estimate of drug-likeness (QED) is 0.815. The van der Waals surface area contributed by atoms with E-state index in [4.69, 9.17) is 4.74 Å². The van der Waals surface area contributed by atoms with Crippen LogP contribution in [-0.2, 0) is 11.2 Å². The summed E-state index contributed by atoms with van der Waals surface area (Å²) in [5, 5.41) is 3.52. The molecule has 21 heavy (non-hydrogen) atoms. The van der Waals surface area contributed by atoms with Gasteiger partial charge in [-0.1, -0.05) is 49.1 Å². The third-order valence-electron chi connectivity index (χ3n) is 4.82. The summed E-state index contributed by atoms with van der Waals surface area (Å²) < 4.78 is 6.17. The van der Waals surface area contributed by atoms with Gasteiger partial charge in [-0.05, 0) is 51.6 Å². The molecule has 2 atom stereocenters. The molecule has 0 amide bonds. The highest BCUT2D eigenvalue weighted by molar-refractivity contribution is 5.22. The molecule has 2 unspecified atom stereocenters. The molecule has 2 rings (SSSR count). The van der Waals surface area contributed by atoms with Crippen LogP contribution in [-0.4, -0.2) is 25.8 Å². The van der Waals surface area contributed by atoms with Crippen molar-refractivity contribution in [1.82, 2.24) is 5.32 Å². The van der Waals surface area contributed by atoms with Gasteiger partial charge in [-0.15, -0.1) is 0 Å². The average Bonchev–Trinajstić information content (AvgIpc) is 2.53. The van der Waals surface area contributed by atoms with Gasteiger partial charge in [0.25, 0.3) is 0 Å². The lowest BCUT2D eigenvalue weighted by molar-refractivity contribution is -0.0159. The molecule has 2 heteroatoms. The topological polar surface area (TPSA) is 21.3 Å². The molecular weight excluding hydrogens is 258 g/mol. The molecule has 0 saturated heterocycles. The summed E-state index contributed by atoms with van der Waals surface area (Å²) in [7, 11) is 2.08. The smallest absolute Gasteiger partial charge is 0.0759 e. The number of aryl methyl sites for hydroxylation is 1. The summed E-state index contributed by atoms with van der Waals surface area (Å²) >= 11 is 0. The van der Waals surface area contributed by atoms with Gasteiger partial charge in [-0.3, -0.25) is 0 Å². The highest BCUT2D eigenvalue weighted by atomic mass is 16.5. The van der Waals surface area contributed by atoms with Crippen molar-refractivity contribution in [1.29, 1.82) is 0 Å². The number of hydrogen-bond acceptors (Lipinski definition) is 2. The molecule has 2 nitrogen and oxygen atoms in total. The fourth-order valence-corrected chi connectivity index (χ4v) is 3.60. The lowest BCUT2D eigenvalue weighted by Crippen LogP contribution is -2.46. The van der Waals surface area contributed by atoms with Crippen LogP contribution < -0.4 is 5.32 Å². The lowest BCUT2D eigenvalue weighted by atomic mass is 9.81. The first-order chi connectivity index (χ1) is 10.2. The third-order valence-corrected chi connectivity index (χ3v) is 4.82. The van der Waals surface area contributed by atoms with Crippen molar-refractivity contribution in [3.05, 3.63) is 35.4 Å². The summed E-state index contributed by atoms with van der Waals surface area (Å²) in [6.45, 7) is 5.08. The maximum Gasteiger partial charge on any atom is 0.0759 e. The van der Waals surface area contributed by atoms with Crippen molar-refractivity contribution >= 4 is 0 Å². The SMILES string of the molecule is CCOC(C1CCCCC1)C(Cc1ccc(C)cc1)NC. The Kier molecular flexibility index (Phi) is 6.72. The second-order valence-electron chi connectivity index (χ2n) is 6.40. The molecule has 1 aromatic rings. The van der Waals surface area contributed by atoms with Crippen molar-refractivity contribution < 1.29 is 4.74 Å². The van der Waals surface area contributed by atoms with E-state index in [0.717, 1.165) is 18.9 Å². The van der Waals surface area contributed by atoms with E-state index >= 15 is 0 Å². The predicted molar refractivity (Wildman–Crippen MR) is 89.7 cm³/mol. The largest absolute Gasteiger partial charge is 0.377 e. The highest BCUT2D eigenvalue weighted by Crippen LogP contribution is 2.30. The minimum Gasteiger partial charge on any atom is -0.377 e. The van der Waals surface area contributed by atoms with Gasteiger partial charge < -0.3 is 10.1 Å². The van der Waals surface area contributed by atoms with Crippen LogP contribution >= 0.6 is 0 Å². The zero-order chi connectivity index (χ0) is 15.1. The number of ether oxygens (including phenoxy) is 1. The van der Waals surface area contributed by atoms with Crippen LogP contribution in [0.1, 0.15) is 50.2 Å². The molecule has 0 heterocycles. The van der Waals surface area contributed by atoms with Gasteiger partial charge in [0.2, 0.25) is 0 Å². The van der Waals surface area contributed by atoms with Gasteiger partial charge in [0.15, 0.2) is 0 Å². The van der Waals surface area contributed by atoms with Crippen LogP contribution in [0.15, 0.2) is 24.3 Å². The summed E-state index contributed by atoms with van der Waals surface area (Å²) in [4.78, 5) is 0. The van der Waals surface area contributed by atoms with Crippen LogP contribution in [0.25, 0.3) is 0 Å². The Hall–Kier alpha value is -0.860. The van der Waals surface area contributed by atoms with Gasteiger partial charge in [0.05, 0.1) is 6.10 Å². The number of likely N-dealkylation sites (N-methyl/N-ethyl adjacent to an activating group) is 1. The van der Waals surface area contributed by atoms with Gasteiger partial charge >= 0.3 is 0 Å². The standard InChI is InChI=1S/C19H31NO/c1-4-21-19(17-8-6-5-7-9-17)18(20-3)14-16-12-10-15(2)11-13-16/h10-13,17-20H,4-9,14H2,1-3H3. The van der Waals surface area contributed by atoms with E-state index < -0.39 is 0 Å². The Labute approximate surface area is 130 Å². The first kappa shape index (κ1) is 16.5. The lowest BCUT2D eigenvalue weighted by Gasteiger charge is -2.35. The van der Waals surface area contributed by atoms with E-state index in [-0.39, 0.29) is 0 Å². The molecular formula is C19H31NO. The average molecular weight is 289 g/mol. The molecule has 1 N–H and O–H groups in total. The van der Waals surface area contributed by atoms with E-state index in [9.17, 15) is 0 Å². The van der Waals surface area contributed by atoms with E-state index in [1.807, 2.05) is 0 Å².